The van der Waals surface area contributed by atoms with Crippen molar-refractivity contribution in [2.75, 3.05) is 17.2 Å². The number of amides is 3. The van der Waals surface area contributed by atoms with Crippen LogP contribution in [0.3, 0.4) is 0 Å². The molecule has 184 valence electrons. The van der Waals surface area contributed by atoms with Crippen LogP contribution in [0.15, 0.2) is 41.2 Å². The van der Waals surface area contributed by atoms with Crippen LogP contribution in [-0.2, 0) is 14.3 Å². The number of aliphatic imine (C=N–C) groups is 1. The van der Waals surface area contributed by atoms with Gasteiger partial charge in [-0.25, -0.2) is 9.78 Å². The van der Waals surface area contributed by atoms with Gasteiger partial charge in [0, 0.05) is 12.7 Å². The Morgan fingerprint density at radius 2 is 1.97 bits per heavy atom. The van der Waals surface area contributed by atoms with Gasteiger partial charge in [0.2, 0.25) is 0 Å². The van der Waals surface area contributed by atoms with Gasteiger partial charge in [0.05, 0.1) is 17.9 Å². The third-order valence-corrected chi connectivity index (χ3v) is 5.21. The SMILES string of the molecule is C=N/C=C(\C=C/C)[C@@H]1CC[C@@H](C)CN1C(=O)C(=O)Nc1cnc(NC(=O)OC(C)(C)C)c(C)c1. The van der Waals surface area contributed by atoms with Crippen LogP contribution in [0.5, 0.6) is 0 Å². The highest BCUT2D eigenvalue weighted by Gasteiger charge is 2.34. The number of nitrogens with one attached hydrogen (secondary N) is 2. The molecule has 1 aliphatic rings. The Bertz CT molecular complexity index is 994. The fourth-order valence-electron chi connectivity index (χ4n) is 3.75. The first-order valence-electron chi connectivity index (χ1n) is 11.3. The highest BCUT2D eigenvalue weighted by molar-refractivity contribution is 6.39. The van der Waals surface area contributed by atoms with E-state index in [1.165, 1.54) is 6.20 Å². The van der Waals surface area contributed by atoms with Crippen LogP contribution in [0.25, 0.3) is 0 Å². The Morgan fingerprint density at radius 3 is 2.56 bits per heavy atom. The van der Waals surface area contributed by atoms with Crippen molar-refractivity contribution in [1.29, 1.82) is 0 Å². The number of rotatable bonds is 5. The quantitative estimate of drug-likeness (QED) is 0.375. The van der Waals surface area contributed by atoms with Crippen molar-refractivity contribution in [3.8, 4) is 0 Å². The van der Waals surface area contributed by atoms with Gasteiger partial charge in [-0.05, 0) is 77.3 Å². The van der Waals surface area contributed by atoms with Crippen LogP contribution in [-0.4, -0.2) is 52.7 Å². The van der Waals surface area contributed by atoms with Crippen LogP contribution in [0.1, 0.15) is 53.0 Å². The molecule has 0 unspecified atom stereocenters. The Hall–Kier alpha value is -3.49. The number of anilines is 2. The molecule has 0 radical (unpaired) electrons. The van der Waals surface area contributed by atoms with Crippen molar-refractivity contribution in [3.63, 3.8) is 0 Å². The van der Waals surface area contributed by atoms with Crippen LogP contribution in [0.2, 0.25) is 0 Å². The van der Waals surface area contributed by atoms with Crippen molar-refractivity contribution in [1.82, 2.24) is 9.88 Å². The fraction of sp³-hybridized carbons (Fsp3) is 0.480. The lowest BCUT2D eigenvalue weighted by molar-refractivity contribution is -0.145. The number of nitrogens with zero attached hydrogens (tertiary/aromatic N) is 3. The van der Waals surface area contributed by atoms with Crippen LogP contribution in [0.4, 0.5) is 16.3 Å². The lowest BCUT2D eigenvalue weighted by Gasteiger charge is -2.38. The third kappa shape index (κ3) is 7.54. The number of aromatic nitrogens is 1. The number of pyridine rings is 1. The summed E-state index contributed by atoms with van der Waals surface area (Å²) in [6, 6.07) is 1.38. The van der Waals surface area contributed by atoms with E-state index >= 15 is 0 Å². The molecular weight excluding hydrogens is 434 g/mol. The van der Waals surface area contributed by atoms with Gasteiger partial charge in [-0.3, -0.25) is 19.9 Å². The molecule has 2 N–H and O–H groups in total. The van der Waals surface area contributed by atoms with Crippen molar-refractivity contribution in [2.24, 2.45) is 10.9 Å². The van der Waals surface area contributed by atoms with E-state index in [4.69, 9.17) is 4.74 Å². The van der Waals surface area contributed by atoms with Gasteiger partial charge in [0.15, 0.2) is 0 Å². The molecule has 1 aromatic rings. The van der Waals surface area contributed by atoms with E-state index in [1.54, 1.807) is 44.9 Å². The number of carbonyl (C=O) groups excluding carboxylic acids is 3. The molecule has 3 amide bonds. The zero-order chi connectivity index (χ0) is 25.5. The third-order valence-electron chi connectivity index (χ3n) is 5.21. The molecular formula is C25H35N5O4. The van der Waals surface area contributed by atoms with Gasteiger partial charge in [-0.15, -0.1) is 0 Å². The van der Waals surface area contributed by atoms with Gasteiger partial charge >= 0.3 is 17.9 Å². The molecule has 2 rings (SSSR count). The van der Waals surface area contributed by atoms with E-state index in [2.05, 4.69) is 34.3 Å². The largest absolute Gasteiger partial charge is 0.444 e. The van der Waals surface area contributed by atoms with E-state index in [-0.39, 0.29) is 12.0 Å². The zero-order valence-electron chi connectivity index (χ0n) is 20.8. The Morgan fingerprint density at radius 1 is 1.26 bits per heavy atom. The number of likely N-dealkylation sites (tertiary alicyclic amines) is 1. The maximum atomic E-state index is 13.1. The number of ether oxygens (including phenoxy) is 1. The maximum Gasteiger partial charge on any atom is 0.413 e. The average molecular weight is 470 g/mol. The highest BCUT2D eigenvalue weighted by Crippen LogP contribution is 2.28. The Labute approximate surface area is 201 Å². The van der Waals surface area contributed by atoms with Gasteiger partial charge in [0.1, 0.15) is 11.4 Å². The molecule has 9 nitrogen and oxygen atoms in total. The number of hydrogen-bond donors (Lipinski definition) is 2. The summed E-state index contributed by atoms with van der Waals surface area (Å²) in [6.45, 7) is 15.0. The standard InChI is InChI=1S/C25H35N5O4/c1-8-9-18(13-26-7)20-11-10-16(2)15-30(20)23(32)22(31)28-19-12-17(3)21(27-14-19)29-24(33)34-25(4,5)6/h8-9,12-14,16,20H,7,10-11,15H2,1-6H3,(H,28,31)(H,27,29,33)/b9-8-,18-13+/t16-,20+/m1/s1. The summed E-state index contributed by atoms with van der Waals surface area (Å²) < 4.78 is 5.23. The minimum atomic E-state index is -0.750. The summed E-state index contributed by atoms with van der Waals surface area (Å²) in [6.07, 6.45) is 7.82. The van der Waals surface area contributed by atoms with E-state index in [9.17, 15) is 14.4 Å². The first-order chi connectivity index (χ1) is 15.9. The van der Waals surface area contributed by atoms with E-state index < -0.39 is 23.5 Å². The zero-order valence-corrected chi connectivity index (χ0v) is 20.8. The normalized spacial score (nSPS) is 19.0. The van der Waals surface area contributed by atoms with E-state index in [1.807, 2.05) is 19.1 Å². The van der Waals surface area contributed by atoms with Crippen LogP contribution < -0.4 is 10.6 Å². The number of aryl methyl sites for hydroxylation is 1. The summed E-state index contributed by atoms with van der Waals surface area (Å²) in [7, 11) is 0. The molecule has 2 atom stereocenters. The number of carbonyl (C=O) groups is 3. The van der Waals surface area contributed by atoms with E-state index in [0.29, 0.717) is 23.6 Å². The topological polar surface area (TPSA) is 113 Å². The predicted octanol–water partition coefficient (Wildman–Crippen LogP) is 4.46. The Balaban J connectivity index is 2.14. The predicted molar refractivity (Wildman–Crippen MR) is 134 cm³/mol. The van der Waals surface area contributed by atoms with Gasteiger partial charge in [-0.2, -0.15) is 0 Å². The number of allylic oxidation sites excluding steroid dienone is 1. The molecule has 0 aromatic carbocycles. The molecule has 2 heterocycles. The minimum absolute atomic E-state index is 0.253. The van der Waals surface area contributed by atoms with Crippen LogP contribution in [0, 0.1) is 12.8 Å². The first-order valence-corrected chi connectivity index (χ1v) is 11.3. The molecule has 0 saturated carbocycles. The summed E-state index contributed by atoms with van der Waals surface area (Å²) in [5.41, 5.74) is 1.15. The summed E-state index contributed by atoms with van der Waals surface area (Å²) in [4.78, 5) is 47.6. The van der Waals surface area contributed by atoms with Crippen molar-refractivity contribution >= 4 is 36.1 Å². The van der Waals surface area contributed by atoms with Gasteiger partial charge in [0.25, 0.3) is 0 Å². The lowest BCUT2D eigenvalue weighted by atomic mass is 9.89. The molecule has 1 aliphatic heterocycles. The molecule has 9 heteroatoms. The molecule has 0 bridgehead atoms. The second-order valence-corrected chi connectivity index (χ2v) is 9.44. The molecule has 1 aromatic heterocycles. The summed E-state index contributed by atoms with van der Waals surface area (Å²) >= 11 is 0. The number of piperidine rings is 1. The minimum Gasteiger partial charge on any atom is -0.444 e. The van der Waals surface area contributed by atoms with E-state index in [0.717, 1.165) is 18.4 Å². The second-order valence-electron chi connectivity index (χ2n) is 9.44. The fourth-order valence-corrected chi connectivity index (χ4v) is 3.75. The average Bonchev–Trinajstić information content (AvgIpc) is 2.73. The maximum absolute atomic E-state index is 13.1. The van der Waals surface area contributed by atoms with Crippen LogP contribution >= 0.6 is 0 Å². The number of hydrogen-bond acceptors (Lipinski definition) is 6. The summed E-state index contributed by atoms with van der Waals surface area (Å²) in [5.74, 6) is -0.788. The molecule has 0 spiro atoms. The molecule has 34 heavy (non-hydrogen) atoms. The smallest absolute Gasteiger partial charge is 0.413 e. The van der Waals surface area contributed by atoms with Gasteiger partial charge < -0.3 is 15.0 Å². The first kappa shape index (κ1) is 26.8. The van der Waals surface area contributed by atoms with Gasteiger partial charge in [-0.1, -0.05) is 19.1 Å². The lowest BCUT2D eigenvalue weighted by Crippen LogP contribution is -2.51. The van der Waals surface area contributed by atoms with Crippen molar-refractivity contribution in [3.05, 3.63) is 41.8 Å². The van der Waals surface area contributed by atoms with Crippen molar-refractivity contribution < 1.29 is 19.1 Å². The molecule has 0 aliphatic carbocycles. The highest BCUT2D eigenvalue weighted by atomic mass is 16.6. The Kier molecular flexibility index (Phi) is 9.11. The van der Waals surface area contributed by atoms with Crippen molar-refractivity contribution in [2.45, 2.75) is 66.0 Å². The molecule has 1 fully saturated rings. The summed E-state index contributed by atoms with van der Waals surface area (Å²) in [5, 5.41) is 5.21. The monoisotopic (exact) mass is 469 g/mol. The second kappa shape index (κ2) is 11.6. The molecule has 1 saturated heterocycles.